The number of aromatic nitrogens is 1. The molecule has 0 amide bonds. The zero-order chi connectivity index (χ0) is 25.9. The molecule has 5 nitrogen and oxygen atoms in total. The average molecular weight is 510 g/mol. The summed E-state index contributed by atoms with van der Waals surface area (Å²) in [6.07, 6.45) is 0.807. The Morgan fingerprint density at radius 2 is 1.54 bits per heavy atom. The van der Waals surface area contributed by atoms with Crippen LogP contribution >= 0.6 is 11.6 Å². The molecule has 0 spiro atoms. The van der Waals surface area contributed by atoms with Crippen LogP contribution in [0.1, 0.15) is 12.0 Å². The Kier molecular flexibility index (Phi) is 6.80. The molecular formula is C31H24ClNO4. The second-order valence-electron chi connectivity index (χ2n) is 8.80. The smallest absolute Gasteiger partial charge is 0.305 e. The first-order chi connectivity index (χ1) is 17.9. The lowest BCUT2D eigenvalue weighted by Gasteiger charge is -2.11. The molecule has 5 rings (SSSR count). The van der Waals surface area contributed by atoms with E-state index in [0.29, 0.717) is 22.5 Å². The van der Waals surface area contributed by atoms with Crippen LogP contribution in [0.15, 0.2) is 95.8 Å². The monoisotopic (exact) mass is 509 g/mol. The summed E-state index contributed by atoms with van der Waals surface area (Å²) in [7, 11) is 1.37. The fourth-order valence-corrected chi connectivity index (χ4v) is 4.73. The molecule has 0 aliphatic carbocycles. The molecule has 37 heavy (non-hydrogen) atoms. The van der Waals surface area contributed by atoms with Gasteiger partial charge in [-0.05, 0) is 58.3 Å². The standard InChI is InChI=1S/C31H24ClNO4/c1-37-30(35)14-9-19-5-4-6-22(15-19)26-17-23-16-25(27(32)18-28(23)33-31(26)36)21-12-10-20(11-13-21)24-7-2-3-8-29(24)34/h2-8,10-13,15-18,34H,9,14H2,1H3,(H,33,36). The molecule has 2 N–H and O–H groups in total. The maximum Gasteiger partial charge on any atom is 0.305 e. The molecule has 0 unspecified atom stereocenters. The largest absolute Gasteiger partial charge is 0.507 e. The normalized spacial score (nSPS) is 11.0. The van der Waals surface area contributed by atoms with Crippen molar-refractivity contribution in [3.63, 3.8) is 0 Å². The number of nitrogens with one attached hydrogen (secondary N) is 1. The predicted molar refractivity (Wildman–Crippen MR) is 148 cm³/mol. The number of hydrogen-bond donors (Lipinski definition) is 2. The third kappa shape index (κ3) is 5.13. The van der Waals surface area contributed by atoms with E-state index in [4.69, 9.17) is 16.3 Å². The second-order valence-corrected chi connectivity index (χ2v) is 9.21. The predicted octanol–water partition coefficient (Wildman–Crippen LogP) is 6.99. The Morgan fingerprint density at radius 3 is 2.27 bits per heavy atom. The van der Waals surface area contributed by atoms with Crippen molar-refractivity contribution in [2.45, 2.75) is 12.8 Å². The number of esters is 1. The van der Waals surface area contributed by atoms with Gasteiger partial charge in [-0.3, -0.25) is 9.59 Å². The van der Waals surface area contributed by atoms with Gasteiger partial charge in [0.1, 0.15) is 5.75 Å². The second kappa shape index (κ2) is 10.3. The summed E-state index contributed by atoms with van der Waals surface area (Å²) < 4.78 is 4.73. The number of carbonyl (C=O) groups excluding carboxylic acids is 1. The van der Waals surface area contributed by atoms with Crippen LogP contribution in [-0.4, -0.2) is 23.2 Å². The first kappa shape index (κ1) is 24.3. The van der Waals surface area contributed by atoms with Gasteiger partial charge < -0.3 is 14.8 Å². The van der Waals surface area contributed by atoms with Crippen LogP contribution in [0.25, 0.3) is 44.3 Å². The van der Waals surface area contributed by atoms with E-state index in [1.54, 1.807) is 18.2 Å². The van der Waals surface area contributed by atoms with Crippen LogP contribution in [0.2, 0.25) is 5.02 Å². The number of aromatic hydroxyl groups is 1. The Bertz CT molecular complexity index is 1670. The summed E-state index contributed by atoms with van der Waals surface area (Å²) in [6.45, 7) is 0. The van der Waals surface area contributed by atoms with Gasteiger partial charge in [0, 0.05) is 28.6 Å². The molecule has 0 radical (unpaired) electrons. The lowest BCUT2D eigenvalue weighted by molar-refractivity contribution is -0.140. The Morgan fingerprint density at radius 1 is 0.838 bits per heavy atom. The van der Waals surface area contributed by atoms with E-state index >= 15 is 0 Å². The number of rotatable bonds is 6. The van der Waals surface area contributed by atoms with Crippen molar-refractivity contribution < 1.29 is 14.6 Å². The number of pyridine rings is 1. The summed E-state index contributed by atoms with van der Waals surface area (Å²) in [4.78, 5) is 27.4. The molecule has 4 aromatic carbocycles. The van der Waals surface area contributed by atoms with Crippen LogP contribution in [0, 0.1) is 0 Å². The highest BCUT2D eigenvalue weighted by Crippen LogP contribution is 2.35. The zero-order valence-corrected chi connectivity index (χ0v) is 20.9. The third-order valence-electron chi connectivity index (χ3n) is 6.43. The summed E-state index contributed by atoms with van der Waals surface area (Å²) in [5.74, 6) is -0.0446. The number of phenolic OH excluding ortho intramolecular Hbond substituents is 1. The molecule has 6 heteroatoms. The summed E-state index contributed by atoms with van der Waals surface area (Å²) in [5, 5.41) is 11.5. The number of halogens is 1. The van der Waals surface area contributed by atoms with Gasteiger partial charge in [-0.1, -0.05) is 78.3 Å². The minimum atomic E-state index is -0.271. The number of phenols is 1. The molecule has 0 aliphatic rings. The maximum atomic E-state index is 12.9. The van der Waals surface area contributed by atoms with Gasteiger partial charge in [-0.2, -0.15) is 0 Å². The lowest BCUT2D eigenvalue weighted by Crippen LogP contribution is -2.09. The quantitative estimate of drug-likeness (QED) is 0.242. The van der Waals surface area contributed by atoms with Crippen molar-refractivity contribution in [2.24, 2.45) is 0 Å². The minimum Gasteiger partial charge on any atom is -0.507 e. The Balaban J connectivity index is 1.51. The highest BCUT2D eigenvalue weighted by Gasteiger charge is 2.12. The van der Waals surface area contributed by atoms with Gasteiger partial charge in [0.2, 0.25) is 0 Å². The van der Waals surface area contributed by atoms with E-state index in [9.17, 15) is 14.7 Å². The molecule has 0 saturated carbocycles. The van der Waals surface area contributed by atoms with Crippen molar-refractivity contribution >= 4 is 28.5 Å². The molecule has 0 bridgehead atoms. The van der Waals surface area contributed by atoms with E-state index < -0.39 is 0 Å². The topological polar surface area (TPSA) is 79.4 Å². The number of para-hydroxylation sites is 1. The number of aryl methyl sites for hydroxylation is 1. The molecule has 0 saturated heterocycles. The maximum absolute atomic E-state index is 12.9. The van der Waals surface area contributed by atoms with E-state index in [-0.39, 0.29) is 23.7 Å². The molecule has 0 atom stereocenters. The van der Waals surface area contributed by atoms with E-state index in [0.717, 1.165) is 38.8 Å². The van der Waals surface area contributed by atoms with Gasteiger partial charge >= 0.3 is 5.97 Å². The molecule has 1 aromatic heterocycles. The Hall–Kier alpha value is -4.35. The SMILES string of the molecule is COC(=O)CCc1cccc(-c2cc3cc(-c4ccc(-c5ccccc5O)cc4)c(Cl)cc3[nH]c2=O)c1. The molecular weight excluding hydrogens is 486 g/mol. The number of methoxy groups -OCH3 is 1. The summed E-state index contributed by atoms with van der Waals surface area (Å²) in [6, 6.07) is 28.2. The van der Waals surface area contributed by atoms with Crippen LogP contribution in [-0.2, 0) is 16.0 Å². The van der Waals surface area contributed by atoms with Crippen LogP contribution < -0.4 is 5.56 Å². The highest BCUT2D eigenvalue weighted by atomic mass is 35.5. The summed E-state index contributed by atoms with van der Waals surface area (Å²) >= 11 is 6.62. The first-order valence-electron chi connectivity index (χ1n) is 11.8. The molecule has 5 aromatic rings. The number of fused-ring (bicyclic) bond motifs is 1. The zero-order valence-electron chi connectivity index (χ0n) is 20.1. The van der Waals surface area contributed by atoms with E-state index in [1.807, 2.05) is 72.8 Å². The number of carbonyl (C=O) groups is 1. The van der Waals surface area contributed by atoms with Gasteiger partial charge in [0.05, 0.1) is 12.1 Å². The van der Waals surface area contributed by atoms with Crippen molar-refractivity contribution in [1.29, 1.82) is 0 Å². The van der Waals surface area contributed by atoms with Gasteiger partial charge in [-0.25, -0.2) is 0 Å². The number of aromatic amines is 1. The van der Waals surface area contributed by atoms with Crippen molar-refractivity contribution in [2.75, 3.05) is 7.11 Å². The minimum absolute atomic E-state index is 0.214. The molecule has 0 aliphatic heterocycles. The Labute approximate surface area is 218 Å². The molecule has 0 fully saturated rings. The van der Waals surface area contributed by atoms with Crippen LogP contribution in [0.3, 0.4) is 0 Å². The fraction of sp³-hybridized carbons (Fsp3) is 0.0968. The number of hydrogen-bond acceptors (Lipinski definition) is 4. The van der Waals surface area contributed by atoms with Gasteiger partial charge in [0.25, 0.3) is 5.56 Å². The lowest BCUT2D eigenvalue weighted by atomic mass is 9.97. The molecule has 184 valence electrons. The molecule has 1 heterocycles. The number of H-pyrrole nitrogens is 1. The number of benzene rings is 4. The van der Waals surface area contributed by atoms with E-state index in [1.165, 1.54) is 7.11 Å². The van der Waals surface area contributed by atoms with Crippen molar-refractivity contribution in [3.8, 4) is 39.1 Å². The van der Waals surface area contributed by atoms with Crippen molar-refractivity contribution in [3.05, 3.63) is 112 Å². The van der Waals surface area contributed by atoms with Gasteiger partial charge in [-0.15, -0.1) is 0 Å². The van der Waals surface area contributed by atoms with Crippen LogP contribution in [0.5, 0.6) is 5.75 Å². The highest BCUT2D eigenvalue weighted by molar-refractivity contribution is 6.34. The third-order valence-corrected chi connectivity index (χ3v) is 6.74. The van der Waals surface area contributed by atoms with Crippen molar-refractivity contribution in [1.82, 2.24) is 4.98 Å². The number of ether oxygens (including phenoxy) is 1. The van der Waals surface area contributed by atoms with Gasteiger partial charge in [0.15, 0.2) is 0 Å². The van der Waals surface area contributed by atoms with Crippen LogP contribution in [0.4, 0.5) is 0 Å². The fourth-order valence-electron chi connectivity index (χ4n) is 4.45. The van der Waals surface area contributed by atoms with E-state index in [2.05, 4.69) is 4.98 Å². The first-order valence-corrected chi connectivity index (χ1v) is 12.2. The average Bonchev–Trinajstić information content (AvgIpc) is 2.91. The summed E-state index contributed by atoms with van der Waals surface area (Å²) in [5.41, 5.74) is 6.11.